The number of hydrogen-bond acceptors (Lipinski definition) is 4. The number of fused-ring (bicyclic) bond motifs is 1. The first-order valence-corrected chi connectivity index (χ1v) is 5.85. The van der Waals surface area contributed by atoms with E-state index in [1.165, 1.54) is 16.7 Å². The number of carbonyl (C=O) groups is 1. The third-order valence-corrected chi connectivity index (χ3v) is 2.97. The van der Waals surface area contributed by atoms with Crippen LogP contribution in [-0.2, 0) is 0 Å². The van der Waals surface area contributed by atoms with Gasteiger partial charge in [0.15, 0.2) is 0 Å². The van der Waals surface area contributed by atoms with E-state index in [2.05, 4.69) is 10.2 Å². The molecule has 1 aromatic carbocycles. The molecule has 0 aliphatic carbocycles. The van der Waals surface area contributed by atoms with Gasteiger partial charge in [0.05, 0.1) is 5.56 Å². The highest BCUT2D eigenvalue weighted by Gasteiger charge is 2.16. The molecule has 0 aliphatic rings. The lowest BCUT2D eigenvalue weighted by Crippen LogP contribution is -1.98. The van der Waals surface area contributed by atoms with Crippen LogP contribution in [0.1, 0.15) is 10.4 Å². The standard InChI is InChI=1S/C14H9N3O3/c18-14(19)10-6-7-11-15-12(9-4-2-1-3-5-9)13(16-20)17(11)8-10/h1-8H,(H,18,19). The summed E-state index contributed by atoms with van der Waals surface area (Å²) < 4.78 is 1.39. The predicted molar refractivity (Wildman–Crippen MR) is 73.0 cm³/mol. The van der Waals surface area contributed by atoms with E-state index in [0.29, 0.717) is 11.3 Å². The molecule has 6 nitrogen and oxygen atoms in total. The van der Waals surface area contributed by atoms with Gasteiger partial charge in [-0.25, -0.2) is 9.78 Å². The van der Waals surface area contributed by atoms with E-state index in [1.807, 2.05) is 30.3 Å². The molecule has 2 heterocycles. The second-order valence-corrected chi connectivity index (χ2v) is 4.19. The van der Waals surface area contributed by atoms with Crippen LogP contribution in [0.15, 0.2) is 53.8 Å². The third-order valence-electron chi connectivity index (χ3n) is 2.97. The molecule has 0 spiro atoms. The SMILES string of the molecule is O=Nc1c(-c2ccccc2)nc2ccc(C(=O)O)cn12. The zero-order valence-corrected chi connectivity index (χ0v) is 10.2. The van der Waals surface area contributed by atoms with E-state index >= 15 is 0 Å². The number of carboxylic acid groups (broad SMARTS) is 1. The monoisotopic (exact) mass is 267 g/mol. The molecule has 3 rings (SSSR count). The first-order chi connectivity index (χ1) is 9.70. The van der Waals surface area contributed by atoms with Crippen LogP contribution in [0.5, 0.6) is 0 Å². The highest BCUT2D eigenvalue weighted by atomic mass is 16.4. The summed E-state index contributed by atoms with van der Waals surface area (Å²) in [6.45, 7) is 0. The molecule has 0 unspecified atom stereocenters. The molecular formula is C14H9N3O3. The number of pyridine rings is 1. The van der Waals surface area contributed by atoms with Gasteiger partial charge in [0.2, 0.25) is 5.82 Å². The summed E-state index contributed by atoms with van der Waals surface area (Å²) in [5.74, 6) is -0.979. The highest BCUT2D eigenvalue weighted by Crippen LogP contribution is 2.30. The van der Waals surface area contributed by atoms with E-state index in [9.17, 15) is 9.70 Å². The van der Waals surface area contributed by atoms with E-state index in [4.69, 9.17) is 5.11 Å². The minimum absolute atomic E-state index is 0.0689. The summed E-state index contributed by atoms with van der Waals surface area (Å²) >= 11 is 0. The van der Waals surface area contributed by atoms with Crippen LogP contribution < -0.4 is 0 Å². The van der Waals surface area contributed by atoms with Gasteiger partial charge in [0.25, 0.3) is 0 Å². The first-order valence-electron chi connectivity index (χ1n) is 5.85. The zero-order valence-electron chi connectivity index (χ0n) is 10.2. The van der Waals surface area contributed by atoms with Gasteiger partial charge in [0.1, 0.15) is 11.3 Å². The number of nitroso groups, excluding NO2 is 1. The first kappa shape index (κ1) is 12.0. The molecule has 3 aromatic rings. The average molecular weight is 267 g/mol. The number of carboxylic acids is 1. The van der Waals surface area contributed by atoms with Crippen LogP contribution in [0.2, 0.25) is 0 Å². The minimum Gasteiger partial charge on any atom is -0.478 e. The van der Waals surface area contributed by atoms with Crippen molar-refractivity contribution >= 4 is 17.4 Å². The Morgan fingerprint density at radius 1 is 1.15 bits per heavy atom. The Labute approximate surface area is 113 Å². The van der Waals surface area contributed by atoms with Crippen molar-refractivity contribution in [3.05, 3.63) is 59.1 Å². The van der Waals surface area contributed by atoms with Crippen LogP contribution in [-0.4, -0.2) is 20.5 Å². The quantitative estimate of drug-likeness (QED) is 0.739. The van der Waals surface area contributed by atoms with Gasteiger partial charge in [-0.3, -0.25) is 4.40 Å². The van der Waals surface area contributed by atoms with E-state index in [1.54, 1.807) is 6.07 Å². The van der Waals surface area contributed by atoms with Crippen LogP contribution in [0.25, 0.3) is 16.9 Å². The minimum atomic E-state index is -1.07. The van der Waals surface area contributed by atoms with Crippen LogP contribution in [0.3, 0.4) is 0 Å². The van der Waals surface area contributed by atoms with Gasteiger partial charge in [-0.2, -0.15) is 0 Å². The number of aromatic nitrogens is 2. The smallest absolute Gasteiger partial charge is 0.337 e. The maximum Gasteiger partial charge on any atom is 0.337 e. The van der Waals surface area contributed by atoms with Crippen molar-refractivity contribution in [2.45, 2.75) is 0 Å². The number of nitrogens with zero attached hydrogens (tertiary/aromatic N) is 3. The molecule has 0 bridgehead atoms. The second-order valence-electron chi connectivity index (χ2n) is 4.19. The third kappa shape index (κ3) is 1.83. The van der Waals surface area contributed by atoms with Crippen molar-refractivity contribution in [1.82, 2.24) is 9.38 Å². The molecular weight excluding hydrogens is 258 g/mol. The Morgan fingerprint density at radius 2 is 1.90 bits per heavy atom. The van der Waals surface area contributed by atoms with Gasteiger partial charge < -0.3 is 5.11 Å². The summed E-state index contributed by atoms with van der Waals surface area (Å²) in [5, 5.41) is 12.0. The maximum absolute atomic E-state index is 11.1. The Bertz CT molecular complexity index is 809. The molecule has 20 heavy (non-hydrogen) atoms. The average Bonchev–Trinajstić information content (AvgIpc) is 2.85. The van der Waals surface area contributed by atoms with Crippen LogP contribution >= 0.6 is 0 Å². The van der Waals surface area contributed by atoms with Gasteiger partial charge in [-0.1, -0.05) is 30.3 Å². The van der Waals surface area contributed by atoms with Crippen molar-refractivity contribution < 1.29 is 9.90 Å². The molecule has 0 fully saturated rings. The van der Waals surface area contributed by atoms with Crippen molar-refractivity contribution in [2.75, 3.05) is 0 Å². The summed E-state index contributed by atoms with van der Waals surface area (Å²) in [5.41, 5.74) is 1.73. The zero-order chi connectivity index (χ0) is 14.1. The Balaban J connectivity index is 2.29. The summed E-state index contributed by atoms with van der Waals surface area (Å²) in [4.78, 5) is 26.4. The van der Waals surface area contributed by atoms with Crippen LogP contribution in [0, 0.1) is 4.91 Å². The molecule has 0 atom stereocenters. The normalized spacial score (nSPS) is 10.6. The van der Waals surface area contributed by atoms with Crippen molar-refractivity contribution in [2.24, 2.45) is 5.18 Å². The Hall–Kier alpha value is -3.02. The van der Waals surface area contributed by atoms with Gasteiger partial charge in [-0.05, 0) is 17.3 Å². The van der Waals surface area contributed by atoms with Crippen LogP contribution in [0.4, 0.5) is 5.82 Å². The molecule has 0 radical (unpaired) electrons. The van der Waals surface area contributed by atoms with Crippen molar-refractivity contribution in [3.63, 3.8) is 0 Å². The summed E-state index contributed by atoms with van der Waals surface area (Å²) in [6.07, 6.45) is 1.34. The highest BCUT2D eigenvalue weighted by molar-refractivity contribution is 5.88. The molecule has 0 saturated carbocycles. The van der Waals surface area contributed by atoms with Gasteiger partial charge in [-0.15, -0.1) is 4.91 Å². The number of aromatic carboxylic acids is 1. The van der Waals surface area contributed by atoms with E-state index in [0.717, 1.165) is 5.56 Å². The van der Waals surface area contributed by atoms with Gasteiger partial charge >= 0.3 is 5.97 Å². The number of hydrogen-bond donors (Lipinski definition) is 1. The molecule has 6 heteroatoms. The lowest BCUT2D eigenvalue weighted by Gasteiger charge is -1.98. The molecule has 2 aromatic heterocycles. The molecule has 0 saturated heterocycles. The lowest BCUT2D eigenvalue weighted by molar-refractivity contribution is 0.0696. The largest absolute Gasteiger partial charge is 0.478 e. The molecule has 98 valence electrons. The molecule has 1 N–H and O–H groups in total. The van der Waals surface area contributed by atoms with Gasteiger partial charge in [0, 0.05) is 11.8 Å². The van der Waals surface area contributed by atoms with E-state index in [-0.39, 0.29) is 11.4 Å². The Kier molecular flexibility index (Phi) is 2.76. The molecule has 0 aliphatic heterocycles. The second kappa shape index (κ2) is 4.58. The van der Waals surface area contributed by atoms with Crippen molar-refractivity contribution in [1.29, 1.82) is 0 Å². The predicted octanol–water partition coefficient (Wildman–Crippen LogP) is 3.10. The molecule has 0 amide bonds. The fourth-order valence-corrected chi connectivity index (χ4v) is 2.04. The topological polar surface area (TPSA) is 84.0 Å². The maximum atomic E-state index is 11.1. The summed E-state index contributed by atoms with van der Waals surface area (Å²) in [7, 11) is 0. The Morgan fingerprint density at radius 3 is 2.55 bits per heavy atom. The van der Waals surface area contributed by atoms with Crippen molar-refractivity contribution in [3.8, 4) is 11.3 Å². The number of imidazole rings is 1. The summed E-state index contributed by atoms with van der Waals surface area (Å²) in [6, 6.07) is 12.1. The number of benzene rings is 1. The number of rotatable bonds is 3. The lowest BCUT2D eigenvalue weighted by atomic mass is 10.1. The fraction of sp³-hybridized carbons (Fsp3) is 0. The van der Waals surface area contributed by atoms with E-state index < -0.39 is 5.97 Å². The fourth-order valence-electron chi connectivity index (χ4n) is 2.04.